The molecule has 3 N–H and O–H groups in total. The predicted octanol–water partition coefficient (Wildman–Crippen LogP) is 3.29. The Bertz CT molecular complexity index is 723. The fraction of sp³-hybridized carbons (Fsp3) is 0.381. The van der Waals surface area contributed by atoms with Crippen LogP contribution in [0.1, 0.15) is 12.0 Å². The fourth-order valence-electron chi connectivity index (χ4n) is 3.29. The highest BCUT2D eigenvalue weighted by Crippen LogP contribution is 2.26. The normalized spacial score (nSPS) is 16.7. The molecule has 0 saturated carbocycles. The number of nitrogens with one attached hydrogen (secondary N) is 1. The molecular weight excluding hydrogens is 451 g/mol. The zero-order valence-corrected chi connectivity index (χ0v) is 18.1. The summed E-state index contributed by atoms with van der Waals surface area (Å²) < 4.78 is 5.32. The topological polar surface area (TPSA) is 62.9 Å². The molecule has 2 aromatic carbocycles. The standard InChI is InChI=1S/C21H28N4O.HI/c1-26-20-9-5-8-19(14-20)25-13-11-18(16-25)15-24-21(22)23-12-10-17-6-3-2-4-7-17;/h2-9,14,18H,10-13,15-16H2,1H3,(H3,22,23,24);1H. The Morgan fingerprint density at radius 3 is 2.81 bits per heavy atom. The maximum absolute atomic E-state index is 6.01. The van der Waals surface area contributed by atoms with E-state index in [9.17, 15) is 0 Å². The van der Waals surface area contributed by atoms with Gasteiger partial charge in [0.05, 0.1) is 7.11 Å². The maximum atomic E-state index is 6.01. The number of rotatable bonds is 7. The van der Waals surface area contributed by atoms with Crippen molar-refractivity contribution in [1.29, 1.82) is 0 Å². The van der Waals surface area contributed by atoms with Crippen molar-refractivity contribution in [2.45, 2.75) is 12.8 Å². The van der Waals surface area contributed by atoms with E-state index >= 15 is 0 Å². The Kier molecular flexibility index (Phi) is 8.71. The number of methoxy groups -OCH3 is 1. The van der Waals surface area contributed by atoms with Crippen LogP contribution in [0.15, 0.2) is 59.6 Å². The smallest absolute Gasteiger partial charge is 0.188 e. The van der Waals surface area contributed by atoms with Gasteiger partial charge in [-0.3, -0.25) is 4.99 Å². The summed E-state index contributed by atoms with van der Waals surface area (Å²) in [5.74, 6) is 1.98. The second-order valence-corrected chi connectivity index (χ2v) is 6.69. The van der Waals surface area contributed by atoms with Crippen molar-refractivity contribution in [2.75, 3.05) is 38.2 Å². The van der Waals surface area contributed by atoms with Crippen LogP contribution in [0.25, 0.3) is 0 Å². The predicted molar refractivity (Wildman–Crippen MR) is 123 cm³/mol. The number of hydrogen-bond donors (Lipinski definition) is 2. The van der Waals surface area contributed by atoms with Gasteiger partial charge in [-0.05, 0) is 36.5 Å². The van der Waals surface area contributed by atoms with E-state index in [1.54, 1.807) is 7.11 Å². The van der Waals surface area contributed by atoms with Gasteiger partial charge < -0.3 is 20.7 Å². The minimum atomic E-state index is 0. The van der Waals surface area contributed by atoms with Gasteiger partial charge in [-0.1, -0.05) is 36.4 Å². The first-order chi connectivity index (χ1) is 12.7. The minimum Gasteiger partial charge on any atom is -0.497 e. The van der Waals surface area contributed by atoms with Gasteiger partial charge in [-0.2, -0.15) is 0 Å². The van der Waals surface area contributed by atoms with Gasteiger partial charge >= 0.3 is 0 Å². The second-order valence-electron chi connectivity index (χ2n) is 6.69. The quantitative estimate of drug-likeness (QED) is 0.363. The first kappa shape index (κ1) is 21.3. The van der Waals surface area contributed by atoms with Gasteiger partial charge in [-0.25, -0.2) is 0 Å². The van der Waals surface area contributed by atoms with Gasteiger partial charge in [0.2, 0.25) is 0 Å². The van der Waals surface area contributed by atoms with E-state index in [0.717, 1.165) is 44.8 Å². The van der Waals surface area contributed by atoms with Gasteiger partial charge in [0.25, 0.3) is 0 Å². The molecule has 0 radical (unpaired) electrons. The highest BCUT2D eigenvalue weighted by atomic mass is 127. The van der Waals surface area contributed by atoms with E-state index in [1.165, 1.54) is 11.3 Å². The molecule has 0 aliphatic carbocycles. The van der Waals surface area contributed by atoms with Crippen molar-refractivity contribution < 1.29 is 4.74 Å². The SMILES string of the molecule is COc1cccc(N2CCC(CN=C(N)NCCc3ccccc3)C2)c1.I. The number of hydrogen-bond acceptors (Lipinski definition) is 3. The van der Waals surface area contributed by atoms with Crippen LogP contribution < -0.4 is 20.7 Å². The molecule has 3 rings (SSSR count). The third-order valence-corrected chi connectivity index (χ3v) is 4.79. The molecule has 1 unspecified atom stereocenters. The Morgan fingerprint density at radius 2 is 2.04 bits per heavy atom. The summed E-state index contributed by atoms with van der Waals surface area (Å²) in [6.07, 6.45) is 2.09. The number of benzene rings is 2. The molecule has 5 nitrogen and oxygen atoms in total. The zero-order chi connectivity index (χ0) is 18.2. The Labute approximate surface area is 179 Å². The number of halogens is 1. The van der Waals surface area contributed by atoms with E-state index in [1.807, 2.05) is 18.2 Å². The Morgan fingerprint density at radius 1 is 1.22 bits per heavy atom. The van der Waals surface area contributed by atoms with Gasteiger partial charge in [0.15, 0.2) is 5.96 Å². The summed E-state index contributed by atoms with van der Waals surface area (Å²) in [7, 11) is 1.70. The first-order valence-corrected chi connectivity index (χ1v) is 9.21. The number of guanidine groups is 1. The van der Waals surface area contributed by atoms with E-state index in [0.29, 0.717) is 11.9 Å². The van der Waals surface area contributed by atoms with Crippen LogP contribution >= 0.6 is 24.0 Å². The van der Waals surface area contributed by atoms with Crippen LogP contribution in [-0.2, 0) is 6.42 Å². The lowest BCUT2D eigenvalue weighted by Crippen LogP contribution is -2.34. The number of aliphatic imine (C=N–C) groups is 1. The number of anilines is 1. The Balaban J connectivity index is 0.00000261. The number of ether oxygens (including phenoxy) is 1. The molecule has 1 aliphatic heterocycles. The summed E-state index contributed by atoms with van der Waals surface area (Å²) in [5.41, 5.74) is 8.52. The highest BCUT2D eigenvalue weighted by molar-refractivity contribution is 14.0. The first-order valence-electron chi connectivity index (χ1n) is 9.21. The van der Waals surface area contributed by atoms with Crippen molar-refractivity contribution in [3.05, 3.63) is 60.2 Å². The molecule has 27 heavy (non-hydrogen) atoms. The lowest BCUT2D eigenvalue weighted by molar-refractivity contribution is 0.415. The van der Waals surface area contributed by atoms with Crippen molar-refractivity contribution in [3.63, 3.8) is 0 Å². The zero-order valence-electron chi connectivity index (χ0n) is 15.8. The molecule has 0 amide bonds. The van der Waals surface area contributed by atoms with Crippen LogP contribution in [0.2, 0.25) is 0 Å². The molecule has 1 atom stereocenters. The van der Waals surface area contributed by atoms with E-state index in [4.69, 9.17) is 10.5 Å². The second kappa shape index (κ2) is 11.0. The van der Waals surface area contributed by atoms with Gasteiger partial charge in [0, 0.05) is 37.9 Å². The number of nitrogens with two attached hydrogens (primary N) is 1. The molecule has 146 valence electrons. The third-order valence-electron chi connectivity index (χ3n) is 4.79. The van der Waals surface area contributed by atoms with Crippen LogP contribution in [0, 0.1) is 5.92 Å². The van der Waals surface area contributed by atoms with Crippen molar-refractivity contribution >= 4 is 35.6 Å². The van der Waals surface area contributed by atoms with Crippen LogP contribution in [-0.4, -0.2) is 39.2 Å². The molecule has 1 heterocycles. The molecular formula is C21H29IN4O. The summed E-state index contributed by atoms with van der Waals surface area (Å²) in [4.78, 5) is 6.92. The van der Waals surface area contributed by atoms with E-state index < -0.39 is 0 Å². The van der Waals surface area contributed by atoms with Crippen LogP contribution in [0.5, 0.6) is 5.75 Å². The monoisotopic (exact) mass is 480 g/mol. The molecule has 6 heteroatoms. The minimum absolute atomic E-state index is 0. The van der Waals surface area contributed by atoms with Gasteiger partial charge in [-0.15, -0.1) is 24.0 Å². The average Bonchev–Trinajstić information content (AvgIpc) is 3.16. The van der Waals surface area contributed by atoms with Crippen molar-refractivity contribution in [2.24, 2.45) is 16.6 Å². The summed E-state index contributed by atoms with van der Waals surface area (Å²) in [6.45, 7) is 3.63. The molecule has 0 spiro atoms. The summed E-state index contributed by atoms with van der Waals surface area (Å²) >= 11 is 0. The average molecular weight is 480 g/mol. The van der Waals surface area contributed by atoms with Crippen molar-refractivity contribution in [3.8, 4) is 5.75 Å². The lowest BCUT2D eigenvalue weighted by atomic mass is 10.1. The van der Waals surface area contributed by atoms with E-state index in [2.05, 4.69) is 51.6 Å². The van der Waals surface area contributed by atoms with Crippen LogP contribution in [0.3, 0.4) is 0 Å². The molecule has 2 aromatic rings. The van der Waals surface area contributed by atoms with E-state index in [-0.39, 0.29) is 24.0 Å². The number of nitrogens with zero attached hydrogens (tertiary/aromatic N) is 2. The molecule has 1 saturated heterocycles. The van der Waals surface area contributed by atoms with Crippen LogP contribution in [0.4, 0.5) is 5.69 Å². The largest absolute Gasteiger partial charge is 0.497 e. The van der Waals surface area contributed by atoms with Gasteiger partial charge in [0.1, 0.15) is 5.75 Å². The molecule has 0 aromatic heterocycles. The fourth-order valence-corrected chi connectivity index (χ4v) is 3.29. The third kappa shape index (κ3) is 6.61. The maximum Gasteiger partial charge on any atom is 0.188 e. The summed E-state index contributed by atoms with van der Waals surface area (Å²) in [6, 6.07) is 18.6. The highest BCUT2D eigenvalue weighted by Gasteiger charge is 2.22. The summed E-state index contributed by atoms with van der Waals surface area (Å²) in [5, 5.41) is 3.21. The Hall–Kier alpha value is -1.96. The molecule has 1 aliphatic rings. The molecule has 1 fully saturated rings. The van der Waals surface area contributed by atoms with Crippen molar-refractivity contribution in [1.82, 2.24) is 5.32 Å². The molecule has 0 bridgehead atoms. The lowest BCUT2D eigenvalue weighted by Gasteiger charge is -2.19.